The molecule has 0 spiro atoms. The van der Waals surface area contributed by atoms with E-state index in [0.717, 1.165) is 30.8 Å². The molecule has 2 rings (SSSR count). The van der Waals surface area contributed by atoms with Crippen LogP contribution in [0.4, 0.5) is 0 Å². The van der Waals surface area contributed by atoms with Gasteiger partial charge in [-0.25, -0.2) is 4.79 Å². The van der Waals surface area contributed by atoms with Crippen molar-refractivity contribution >= 4 is 17.7 Å². The molecule has 0 aliphatic carbocycles. The lowest BCUT2D eigenvalue weighted by Gasteiger charge is -2.36. The van der Waals surface area contributed by atoms with Gasteiger partial charge in [0.05, 0.1) is 5.56 Å². The number of carbonyl (C=O) groups is 1. The van der Waals surface area contributed by atoms with Gasteiger partial charge in [0.1, 0.15) is 5.60 Å². The van der Waals surface area contributed by atoms with E-state index in [4.69, 9.17) is 4.74 Å². The highest BCUT2D eigenvalue weighted by Crippen LogP contribution is 2.31. The minimum Gasteiger partial charge on any atom is -0.456 e. The summed E-state index contributed by atoms with van der Waals surface area (Å²) in [6.45, 7) is 6.07. The summed E-state index contributed by atoms with van der Waals surface area (Å²) in [6.07, 6.45) is 4.10. The number of benzene rings is 1. The minimum absolute atomic E-state index is 0.210. The Morgan fingerprint density at radius 2 is 1.95 bits per heavy atom. The van der Waals surface area contributed by atoms with E-state index in [-0.39, 0.29) is 5.97 Å². The molecule has 1 aliphatic heterocycles. The van der Waals surface area contributed by atoms with E-state index >= 15 is 0 Å². The Morgan fingerprint density at radius 1 is 1.30 bits per heavy atom. The van der Waals surface area contributed by atoms with Gasteiger partial charge in [-0.2, -0.15) is 0 Å². The molecule has 0 unspecified atom stereocenters. The van der Waals surface area contributed by atoms with Crippen LogP contribution in [0.2, 0.25) is 0 Å². The van der Waals surface area contributed by atoms with Crippen LogP contribution in [-0.2, 0) is 4.74 Å². The number of esters is 1. The van der Waals surface area contributed by atoms with Crippen LogP contribution in [0, 0.1) is 5.92 Å². The SMILES string of the molecule is CSc1ccccc1C(=O)OC(C)(C)C1CCNCC1. The third-order valence-electron chi connectivity index (χ3n) is 4.00. The number of ether oxygens (including phenoxy) is 1. The molecule has 4 heteroatoms. The zero-order valence-corrected chi connectivity index (χ0v) is 13.3. The number of nitrogens with one attached hydrogen (secondary N) is 1. The number of rotatable bonds is 4. The summed E-state index contributed by atoms with van der Waals surface area (Å²) >= 11 is 1.57. The quantitative estimate of drug-likeness (QED) is 0.682. The second-order valence-electron chi connectivity index (χ2n) is 5.72. The fourth-order valence-electron chi connectivity index (χ4n) is 2.71. The lowest BCUT2D eigenvalue weighted by molar-refractivity contribution is -0.0371. The van der Waals surface area contributed by atoms with Crippen LogP contribution >= 0.6 is 11.8 Å². The second-order valence-corrected chi connectivity index (χ2v) is 6.57. The predicted octanol–water partition coefficient (Wildman–Crippen LogP) is 3.34. The summed E-state index contributed by atoms with van der Waals surface area (Å²) < 4.78 is 5.83. The van der Waals surface area contributed by atoms with Crippen molar-refractivity contribution in [2.24, 2.45) is 5.92 Å². The van der Waals surface area contributed by atoms with Crippen LogP contribution < -0.4 is 5.32 Å². The second kappa shape index (κ2) is 6.64. The van der Waals surface area contributed by atoms with Crippen molar-refractivity contribution in [3.63, 3.8) is 0 Å². The van der Waals surface area contributed by atoms with Crippen LogP contribution in [0.5, 0.6) is 0 Å². The molecule has 0 aromatic heterocycles. The number of hydrogen-bond donors (Lipinski definition) is 1. The van der Waals surface area contributed by atoms with Crippen LogP contribution in [-0.4, -0.2) is 30.9 Å². The van der Waals surface area contributed by atoms with Crippen LogP contribution in [0.15, 0.2) is 29.2 Å². The number of carbonyl (C=O) groups excluding carboxylic acids is 1. The van der Waals surface area contributed by atoms with E-state index in [1.807, 2.05) is 44.4 Å². The van der Waals surface area contributed by atoms with Crippen molar-refractivity contribution < 1.29 is 9.53 Å². The number of thioether (sulfide) groups is 1. The summed E-state index contributed by atoms with van der Waals surface area (Å²) in [5.41, 5.74) is 0.257. The van der Waals surface area contributed by atoms with Gasteiger partial charge in [0.2, 0.25) is 0 Å². The molecule has 1 heterocycles. The van der Waals surface area contributed by atoms with Crippen molar-refractivity contribution in [1.29, 1.82) is 0 Å². The lowest BCUT2D eigenvalue weighted by Crippen LogP contribution is -2.42. The average molecular weight is 293 g/mol. The Hall–Kier alpha value is -1.00. The van der Waals surface area contributed by atoms with Gasteiger partial charge in [-0.3, -0.25) is 0 Å². The Kier molecular flexibility index (Phi) is 5.11. The molecular formula is C16H23NO2S. The first-order chi connectivity index (χ1) is 9.54. The van der Waals surface area contributed by atoms with E-state index in [1.54, 1.807) is 11.8 Å². The molecule has 0 saturated carbocycles. The molecule has 3 nitrogen and oxygen atoms in total. The van der Waals surface area contributed by atoms with Crippen molar-refractivity contribution in [2.45, 2.75) is 37.2 Å². The Morgan fingerprint density at radius 3 is 2.60 bits per heavy atom. The highest BCUT2D eigenvalue weighted by Gasteiger charge is 2.34. The molecule has 1 aromatic rings. The Labute approximate surface area is 125 Å². The first kappa shape index (κ1) is 15.4. The molecule has 110 valence electrons. The fraction of sp³-hybridized carbons (Fsp3) is 0.562. The highest BCUT2D eigenvalue weighted by atomic mass is 32.2. The van der Waals surface area contributed by atoms with Gasteiger partial charge in [-0.15, -0.1) is 11.8 Å². The monoisotopic (exact) mass is 293 g/mol. The summed E-state index contributed by atoms with van der Waals surface area (Å²) in [4.78, 5) is 13.4. The maximum absolute atomic E-state index is 12.4. The largest absolute Gasteiger partial charge is 0.456 e. The van der Waals surface area contributed by atoms with Crippen LogP contribution in [0.25, 0.3) is 0 Å². The Balaban J connectivity index is 2.09. The van der Waals surface area contributed by atoms with Crippen molar-refractivity contribution in [2.75, 3.05) is 19.3 Å². The van der Waals surface area contributed by atoms with E-state index in [2.05, 4.69) is 5.32 Å². The third-order valence-corrected chi connectivity index (χ3v) is 4.80. The van der Waals surface area contributed by atoms with Gasteiger partial charge in [0.25, 0.3) is 0 Å². The first-order valence-corrected chi connectivity index (χ1v) is 8.34. The van der Waals surface area contributed by atoms with Gasteiger partial charge >= 0.3 is 5.97 Å². The molecule has 0 amide bonds. The summed E-state index contributed by atoms with van der Waals surface area (Å²) in [6, 6.07) is 7.62. The molecule has 1 saturated heterocycles. The topological polar surface area (TPSA) is 38.3 Å². The number of piperidine rings is 1. The van der Waals surface area contributed by atoms with Gasteiger partial charge in [0, 0.05) is 10.8 Å². The predicted molar refractivity (Wildman–Crippen MR) is 83.3 cm³/mol. The van der Waals surface area contributed by atoms with Crippen molar-refractivity contribution in [3.8, 4) is 0 Å². The zero-order valence-electron chi connectivity index (χ0n) is 12.4. The third kappa shape index (κ3) is 3.55. The van der Waals surface area contributed by atoms with Crippen LogP contribution in [0.3, 0.4) is 0 Å². The van der Waals surface area contributed by atoms with Gasteiger partial charge in [0.15, 0.2) is 0 Å². The summed E-state index contributed by atoms with van der Waals surface area (Å²) in [5.74, 6) is 0.215. The normalized spacial score (nSPS) is 16.9. The molecule has 0 bridgehead atoms. The van der Waals surface area contributed by atoms with Crippen molar-refractivity contribution in [3.05, 3.63) is 29.8 Å². The highest BCUT2D eigenvalue weighted by molar-refractivity contribution is 7.98. The minimum atomic E-state index is -0.412. The Bertz CT molecular complexity index is 467. The molecule has 1 fully saturated rings. The molecule has 20 heavy (non-hydrogen) atoms. The van der Waals surface area contributed by atoms with Gasteiger partial charge in [-0.05, 0) is 58.2 Å². The first-order valence-electron chi connectivity index (χ1n) is 7.11. The maximum Gasteiger partial charge on any atom is 0.339 e. The maximum atomic E-state index is 12.4. The van der Waals surface area contributed by atoms with Gasteiger partial charge < -0.3 is 10.1 Å². The lowest BCUT2D eigenvalue weighted by atomic mass is 9.83. The molecule has 1 aliphatic rings. The van der Waals surface area contributed by atoms with E-state index < -0.39 is 5.60 Å². The molecule has 1 aromatic carbocycles. The zero-order chi connectivity index (χ0) is 14.6. The average Bonchev–Trinajstić information content (AvgIpc) is 2.47. The molecule has 1 N–H and O–H groups in total. The smallest absolute Gasteiger partial charge is 0.339 e. The number of hydrogen-bond acceptors (Lipinski definition) is 4. The van der Waals surface area contributed by atoms with E-state index in [0.29, 0.717) is 11.5 Å². The molecule has 0 atom stereocenters. The molecular weight excluding hydrogens is 270 g/mol. The fourth-order valence-corrected chi connectivity index (χ4v) is 3.29. The molecule has 0 radical (unpaired) electrons. The van der Waals surface area contributed by atoms with E-state index in [1.165, 1.54) is 0 Å². The summed E-state index contributed by atoms with van der Waals surface area (Å²) in [7, 11) is 0. The van der Waals surface area contributed by atoms with Crippen molar-refractivity contribution in [1.82, 2.24) is 5.32 Å². The van der Waals surface area contributed by atoms with Gasteiger partial charge in [-0.1, -0.05) is 12.1 Å². The summed E-state index contributed by atoms with van der Waals surface area (Å²) in [5, 5.41) is 3.35. The standard InChI is InChI=1S/C16H23NO2S/c1-16(2,12-8-10-17-11-9-12)19-15(18)13-6-4-5-7-14(13)20-3/h4-7,12,17H,8-11H2,1-3H3. The van der Waals surface area contributed by atoms with Crippen LogP contribution in [0.1, 0.15) is 37.0 Å². The van der Waals surface area contributed by atoms with E-state index in [9.17, 15) is 4.79 Å².